The Morgan fingerprint density at radius 1 is 0.913 bits per heavy atom. The molecule has 1 saturated heterocycles. The van der Waals surface area contributed by atoms with E-state index >= 15 is 0 Å². The lowest BCUT2D eigenvalue weighted by molar-refractivity contribution is -0.133. The average Bonchev–Trinajstić information content (AvgIpc) is 3.38. The van der Waals surface area contributed by atoms with Crippen LogP contribution in [0.2, 0.25) is 0 Å². The molecule has 6 nitrogen and oxygen atoms in total. The molecular weight excluding hydrogens is 298 g/mol. The number of aliphatic hydroxyl groups is 1. The quantitative estimate of drug-likeness (QED) is 0.278. The molecule has 0 aromatic carbocycles. The van der Waals surface area contributed by atoms with Crippen LogP contribution in [0, 0.1) is 0 Å². The molecule has 1 heterocycles. The van der Waals surface area contributed by atoms with E-state index in [4.69, 9.17) is 15.3 Å². The van der Waals surface area contributed by atoms with Gasteiger partial charge < -0.3 is 20.6 Å². The van der Waals surface area contributed by atoms with Gasteiger partial charge in [0.05, 0.1) is 0 Å². The molecule has 1 fully saturated rings. The maximum absolute atomic E-state index is 10.3. The lowest BCUT2D eigenvalue weighted by atomic mass is 10.1. The molecule has 0 aromatic heterocycles. The zero-order valence-corrected chi connectivity index (χ0v) is 14.1. The van der Waals surface area contributed by atoms with Crippen molar-refractivity contribution in [2.75, 3.05) is 19.7 Å². The van der Waals surface area contributed by atoms with Crippen molar-refractivity contribution in [2.45, 2.75) is 51.9 Å². The topological polar surface area (TPSA) is 117 Å². The normalized spacial score (nSPS) is 11.2. The minimum absolute atomic E-state index is 0.0201. The summed E-state index contributed by atoms with van der Waals surface area (Å²) in [4.78, 5) is 20.3. The molecule has 1 rings (SSSR count). The summed E-state index contributed by atoms with van der Waals surface area (Å²) in [5.41, 5.74) is 0.491. The first-order valence-electron chi connectivity index (χ1n) is 8.00. The predicted octanol–water partition coefficient (Wildman–Crippen LogP) is 2.59. The highest BCUT2D eigenvalue weighted by Gasteiger charge is 2.02. The van der Waals surface area contributed by atoms with Crippen molar-refractivity contribution in [3.63, 3.8) is 0 Å². The van der Waals surface area contributed by atoms with Crippen molar-refractivity contribution in [3.05, 3.63) is 24.3 Å². The summed E-state index contributed by atoms with van der Waals surface area (Å²) in [5.74, 6) is -1.84. The number of carboxylic acids is 2. The Morgan fingerprint density at radius 2 is 1.35 bits per heavy atom. The molecule has 4 N–H and O–H groups in total. The minimum atomic E-state index is -0.983. The van der Waals surface area contributed by atoms with E-state index in [0.29, 0.717) is 24.8 Å². The smallest absolute Gasteiger partial charge is 0.330 e. The number of nitrogens with one attached hydrogen (secondary N) is 1. The number of aliphatic hydroxyl groups excluding tert-OH is 1. The zero-order chi connectivity index (χ0) is 18.1. The molecule has 23 heavy (non-hydrogen) atoms. The van der Waals surface area contributed by atoms with Crippen LogP contribution in [0.4, 0.5) is 0 Å². The fourth-order valence-corrected chi connectivity index (χ4v) is 1.27. The maximum Gasteiger partial charge on any atom is 0.330 e. The van der Waals surface area contributed by atoms with E-state index in [1.54, 1.807) is 0 Å². The van der Waals surface area contributed by atoms with E-state index in [2.05, 4.69) is 25.4 Å². The van der Waals surface area contributed by atoms with Crippen molar-refractivity contribution in [3.8, 4) is 0 Å². The SMILES string of the molecule is C1CN1.C=C(CCCCCC)C(=O)O.C=C(CCCO)C(=O)O. The van der Waals surface area contributed by atoms with E-state index in [-0.39, 0.29) is 12.2 Å². The van der Waals surface area contributed by atoms with Gasteiger partial charge >= 0.3 is 11.9 Å². The third-order valence-electron chi connectivity index (χ3n) is 2.82. The van der Waals surface area contributed by atoms with Crippen LogP contribution in [0.1, 0.15) is 51.9 Å². The van der Waals surface area contributed by atoms with Crippen LogP contribution in [-0.4, -0.2) is 47.0 Å². The lowest BCUT2D eigenvalue weighted by Crippen LogP contribution is -1.99. The molecule has 0 amide bonds. The number of rotatable bonds is 10. The van der Waals surface area contributed by atoms with Gasteiger partial charge in [-0.2, -0.15) is 0 Å². The molecule has 134 valence electrons. The largest absolute Gasteiger partial charge is 0.478 e. The molecule has 1 aliphatic heterocycles. The van der Waals surface area contributed by atoms with E-state index in [9.17, 15) is 9.59 Å². The summed E-state index contributed by atoms with van der Waals surface area (Å²) in [6.45, 7) is 11.4. The van der Waals surface area contributed by atoms with E-state index < -0.39 is 11.9 Å². The van der Waals surface area contributed by atoms with Gasteiger partial charge in [0.15, 0.2) is 0 Å². The van der Waals surface area contributed by atoms with Gasteiger partial charge in [-0.3, -0.25) is 0 Å². The summed E-state index contributed by atoms with van der Waals surface area (Å²) >= 11 is 0. The third kappa shape index (κ3) is 22.8. The van der Waals surface area contributed by atoms with Crippen molar-refractivity contribution < 1.29 is 24.9 Å². The van der Waals surface area contributed by atoms with E-state index in [1.165, 1.54) is 25.9 Å². The monoisotopic (exact) mass is 329 g/mol. The molecule has 0 spiro atoms. The molecule has 1 aliphatic rings. The molecule has 0 radical (unpaired) electrons. The first-order chi connectivity index (χ1) is 10.9. The minimum Gasteiger partial charge on any atom is -0.478 e. The van der Waals surface area contributed by atoms with Gasteiger partial charge in [-0.1, -0.05) is 39.3 Å². The number of carbonyl (C=O) groups is 2. The number of unbranched alkanes of at least 4 members (excludes halogenated alkanes) is 3. The Hall–Kier alpha value is -1.66. The Labute approximate surface area is 138 Å². The Balaban J connectivity index is 0. The predicted molar refractivity (Wildman–Crippen MR) is 91.5 cm³/mol. The number of hydrogen-bond acceptors (Lipinski definition) is 4. The van der Waals surface area contributed by atoms with Crippen LogP contribution in [-0.2, 0) is 9.59 Å². The molecule has 6 heteroatoms. The van der Waals surface area contributed by atoms with Gasteiger partial charge in [0.25, 0.3) is 0 Å². The van der Waals surface area contributed by atoms with Gasteiger partial charge in [-0.05, 0) is 25.7 Å². The summed E-state index contributed by atoms with van der Waals surface area (Å²) in [7, 11) is 0. The molecule has 0 bridgehead atoms. The Kier molecular flexibility index (Phi) is 17.1. The van der Waals surface area contributed by atoms with Gasteiger partial charge in [0, 0.05) is 30.8 Å². The molecule has 0 saturated carbocycles. The van der Waals surface area contributed by atoms with Crippen LogP contribution in [0.3, 0.4) is 0 Å². The van der Waals surface area contributed by atoms with Gasteiger partial charge in [0.1, 0.15) is 0 Å². The van der Waals surface area contributed by atoms with Crippen LogP contribution >= 0.6 is 0 Å². The number of aliphatic carboxylic acids is 2. The van der Waals surface area contributed by atoms with Crippen LogP contribution in [0.25, 0.3) is 0 Å². The summed E-state index contributed by atoms with van der Waals surface area (Å²) in [5, 5.41) is 27.9. The lowest BCUT2D eigenvalue weighted by Gasteiger charge is -1.98. The van der Waals surface area contributed by atoms with Crippen LogP contribution in [0.15, 0.2) is 24.3 Å². The Bertz CT molecular complexity index is 361. The maximum atomic E-state index is 10.3. The van der Waals surface area contributed by atoms with Gasteiger partial charge in [0.2, 0.25) is 0 Å². The highest BCUT2D eigenvalue weighted by atomic mass is 16.4. The van der Waals surface area contributed by atoms with Gasteiger partial charge in [-0.25, -0.2) is 9.59 Å². The number of carboxylic acid groups (broad SMARTS) is 2. The van der Waals surface area contributed by atoms with Gasteiger partial charge in [-0.15, -0.1) is 0 Å². The van der Waals surface area contributed by atoms with Crippen molar-refractivity contribution in [1.82, 2.24) is 5.32 Å². The molecule has 0 unspecified atom stereocenters. The van der Waals surface area contributed by atoms with Crippen molar-refractivity contribution >= 4 is 11.9 Å². The summed E-state index contributed by atoms with van der Waals surface area (Å²) in [6, 6.07) is 0. The second kappa shape index (κ2) is 16.7. The summed E-state index contributed by atoms with van der Waals surface area (Å²) in [6.07, 6.45) is 5.92. The third-order valence-corrected chi connectivity index (χ3v) is 2.82. The highest BCUT2D eigenvalue weighted by Crippen LogP contribution is 2.08. The molecular formula is C17H31NO5. The summed E-state index contributed by atoms with van der Waals surface area (Å²) < 4.78 is 0. The van der Waals surface area contributed by atoms with Crippen molar-refractivity contribution in [2.24, 2.45) is 0 Å². The van der Waals surface area contributed by atoms with E-state index in [1.807, 2.05) is 0 Å². The fraction of sp³-hybridized carbons (Fsp3) is 0.647. The molecule has 0 atom stereocenters. The highest BCUT2D eigenvalue weighted by molar-refractivity contribution is 5.85. The van der Waals surface area contributed by atoms with Crippen LogP contribution < -0.4 is 5.32 Å². The zero-order valence-electron chi connectivity index (χ0n) is 14.1. The second-order valence-corrected chi connectivity index (χ2v) is 5.21. The average molecular weight is 329 g/mol. The van der Waals surface area contributed by atoms with Crippen LogP contribution in [0.5, 0.6) is 0 Å². The number of hydrogen-bond donors (Lipinski definition) is 4. The molecule has 0 aromatic rings. The second-order valence-electron chi connectivity index (χ2n) is 5.21. The van der Waals surface area contributed by atoms with E-state index in [0.717, 1.165) is 12.8 Å². The van der Waals surface area contributed by atoms with Crippen molar-refractivity contribution in [1.29, 1.82) is 0 Å². The first-order valence-corrected chi connectivity index (χ1v) is 8.00. The Morgan fingerprint density at radius 3 is 1.65 bits per heavy atom. The molecule has 0 aliphatic carbocycles. The fourth-order valence-electron chi connectivity index (χ4n) is 1.27. The first kappa shape index (κ1) is 23.6. The standard InChI is InChI=1S/C9H16O2.C6H10O3.C2H5N/c1-3-4-5-6-7-8(2)9(10)11;1-5(6(8)9)3-2-4-7;1-2-3-1/h2-7H2,1H3,(H,10,11);7H,1-4H2,(H,8,9);3H,1-2H2.